The smallest absolute Gasteiger partial charge is 0.200 e. The van der Waals surface area contributed by atoms with E-state index in [4.69, 9.17) is 12.2 Å². The Morgan fingerprint density at radius 3 is 2.71 bits per heavy atom. The summed E-state index contributed by atoms with van der Waals surface area (Å²) >= 11 is 9.04. The zero-order chi connectivity index (χ0) is 21.7. The van der Waals surface area contributed by atoms with Gasteiger partial charge < -0.3 is 0 Å². The SMILES string of the molecule is Cc1cc(-c2n[nH]c(=S)n2-c2cnn(Cc3ccc(Br)cc3)c2)c2c(C)nn(C)c2n1. The lowest BCUT2D eigenvalue weighted by Gasteiger charge is -2.07. The van der Waals surface area contributed by atoms with Crippen molar-refractivity contribution in [3.8, 4) is 17.1 Å². The Kier molecular flexibility index (Phi) is 4.82. The highest BCUT2D eigenvalue weighted by Gasteiger charge is 2.19. The van der Waals surface area contributed by atoms with Crippen molar-refractivity contribution < 1.29 is 0 Å². The van der Waals surface area contributed by atoms with E-state index < -0.39 is 0 Å². The summed E-state index contributed by atoms with van der Waals surface area (Å²) in [7, 11) is 1.90. The summed E-state index contributed by atoms with van der Waals surface area (Å²) in [5.41, 5.74) is 5.53. The fourth-order valence-electron chi connectivity index (χ4n) is 3.79. The van der Waals surface area contributed by atoms with Crippen molar-refractivity contribution in [3.05, 3.63) is 68.9 Å². The first-order valence-corrected chi connectivity index (χ1v) is 10.9. The van der Waals surface area contributed by atoms with Crippen LogP contribution >= 0.6 is 28.1 Å². The number of halogens is 1. The predicted molar refractivity (Wildman–Crippen MR) is 125 cm³/mol. The average molecular weight is 495 g/mol. The minimum Gasteiger partial charge on any atom is -0.266 e. The zero-order valence-corrected chi connectivity index (χ0v) is 19.6. The van der Waals surface area contributed by atoms with Crippen LogP contribution in [0.3, 0.4) is 0 Å². The first kappa shape index (κ1) is 19.8. The lowest BCUT2D eigenvalue weighted by Crippen LogP contribution is -2.01. The topological polar surface area (TPSA) is 82.1 Å². The molecule has 0 spiro atoms. The Labute approximate surface area is 191 Å². The number of pyridine rings is 1. The molecule has 0 amide bonds. The van der Waals surface area contributed by atoms with E-state index in [1.807, 2.05) is 54.5 Å². The summed E-state index contributed by atoms with van der Waals surface area (Å²) in [6.45, 7) is 4.60. The maximum atomic E-state index is 5.57. The number of H-pyrrole nitrogens is 1. The van der Waals surface area contributed by atoms with Gasteiger partial charge in [-0.3, -0.25) is 19.0 Å². The molecule has 0 atom stereocenters. The van der Waals surface area contributed by atoms with Gasteiger partial charge >= 0.3 is 0 Å². The van der Waals surface area contributed by atoms with E-state index in [0.717, 1.165) is 43.7 Å². The summed E-state index contributed by atoms with van der Waals surface area (Å²) in [5, 5.41) is 17.5. The third kappa shape index (κ3) is 3.51. The summed E-state index contributed by atoms with van der Waals surface area (Å²) in [4.78, 5) is 4.66. The van der Waals surface area contributed by atoms with E-state index in [-0.39, 0.29) is 0 Å². The molecule has 0 saturated heterocycles. The van der Waals surface area contributed by atoms with E-state index in [1.165, 1.54) is 0 Å². The third-order valence-corrected chi connectivity index (χ3v) is 5.95. The number of rotatable bonds is 4. The molecule has 0 unspecified atom stereocenters. The Morgan fingerprint density at radius 1 is 1.16 bits per heavy atom. The Hall–Kier alpha value is -3.11. The van der Waals surface area contributed by atoms with Crippen LogP contribution in [-0.4, -0.2) is 39.3 Å². The van der Waals surface area contributed by atoms with Crippen molar-refractivity contribution in [1.82, 2.24) is 39.3 Å². The molecule has 1 aromatic carbocycles. The standard InChI is InChI=1S/C21H19BrN8S/c1-12-8-17(18-13(2)27-28(3)20(18)24-12)19-25-26-21(31)30(19)16-9-23-29(11-16)10-14-4-6-15(22)7-5-14/h4-9,11H,10H2,1-3H3,(H,26,31). The Bertz CT molecular complexity index is 1470. The van der Waals surface area contributed by atoms with Gasteiger partial charge in [0.05, 0.1) is 29.5 Å². The molecule has 0 aliphatic heterocycles. The van der Waals surface area contributed by atoms with Crippen LogP contribution in [0.1, 0.15) is 17.0 Å². The minimum absolute atomic E-state index is 0.502. The summed E-state index contributed by atoms with van der Waals surface area (Å²) in [6.07, 6.45) is 3.77. The van der Waals surface area contributed by atoms with E-state index in [9.17, 15) is 0 Å². The largest absolute Gasteiger partial charge is 0.266 e. The van der Waals surface area contributed by atoms with Gasteiger partial charge in [0.1, 0.15) is 0 Å². The maximum Gasteiger partial charge on any atom is 0.200 e. The summed E-state index contributed by atoms with van der Waals surface area (Å²) in [5.74, 6) is 0.708. The van der Waals surface area contributed by atoms with Crippen molar-refractivity contribution in [3.63, 3.8) is 0 Å². The summed E-state index contributed by atoms with van der Waals surface area (Å²) in [6, 6.07) is 10.2. The van der Waals surface area contributed by atoms with Crippen LogP contribution in [0.5, 0.6) is 0 Å². The number of hydrogen-bond acceptors (Lipinski definition) is 5. The second kappa shape index (κ2) is 7.54. The van der Waals surface area contributed by atoms with Crippen LogP contribution in [0.4, 0.5) is 0 Å². The number of benzene rings is 1. The van der Waals surface area contributed by atoms with Gasteiger partial charge in [0.2, 0.25) is 0 Å². The molecule has 5 rings (SSSR count). The quantitative estimate of drug-likeness (QED) is 0.372. The predicted octanol–water partition coefficient (Wildman–Crippen LogP) is 4.50. The highest BCUT2D eigenvalue weighted by molar-refractivity contribution is 9.10. The second-order valence-corrected chi connectivity index (χ2v) is 8.73. The molecular formula is C21H19BrN8S. The van der Waals surface area contributed by atoms with Gasteiger partial charge in [0.15, 0.2) is 16.2 Å². The number of aryl methyl sites for hydroxylation is 3. The molecule has 4 aromatic heterocycles. The fourth-order valence-corrected chi connectivity index (χ4v) is 4.30. The minimum atomic E-state index is 0.502. The molecule has 8 nitrogen and oxygen atoms in total. The first-order valence-electron chi connectivity index (χ1n) is 9.67. The molecule has 4 heterocycles. The van der Waals surface area contributed by atoms with Gasteiger partial charge in [-0.25, -0.2) is 4.98 Å². The normalized spacial score (nSPS) is 11.5. The van der Waals surface area contributed by atoms with E-state index in [2.05, 4.69) is 53.4 Å². The van der Waals surface area contributed by atoms with Crippen molar-refractivity contribution in [2.75, 3.05) is 0 Å². The number of aromatic amines is 1. The van der Waals surface area contributed by atoms with Crippen LogP contribution in [0.15, 0.2) is 47.2 Å². The first-order chi connectivity index (χ1) is 14.9. The van der Waals surface area contributed by atoms with Crippen molar-refractivity contribution in [1.29, 1.82) is 0 Å². The second-order valence-electron chi connectivity index (χ2n) is 7.43. The average Bonchev–Trinajstić information content (AvgIpc) is 3.41. The monoisotopic (exact) mass is 494 g/mol. The van der Waals surface area contributed by atoms with Gasteiger partial charge in [0.25, 0.3) is 0 Å². The van der Waals surface area contributed by atoms with Gasteiger partial charge in [-0.15, -0.1) is 0 Å². The van der Waals surface area contributed by atoms with Gasteiger partial charge in [-0.1, -0.05) is 28.1 Å². The molecule has 0 saturated carbocycles. The Morgan fingerprint density at radius 2 is 1.94 bits per heavy atom. The number of fused-ring (bicyclic) bond motifs is 1. The van der Waals surface area contributed by atoms with Crippen LogP contribution in [0.25, 0.3) is 28.1 Å². The van der Waals surface area contributed by atoms with Gasteiger partial charge in [-0.2, -0.15) is 15.3 Å². The van der Waals surface area contributed by atoms with Gasteiger partial charge in [-0.05, 0) is 49.8 Å². The Balaban J connectivity index is 1.61. The number of nitrogens with one attached hydrogen (secondary N) is 1. The molecule has 1 N–H and O–H groups in total. The molecule has 10 heteroatoms. The molecular weight excluding hydrogens is 476 g/mol. The molecule has 156 valence electrons. The highest BCUT2D eigenvalue weighted by Crippen LogP contribution is 2.31. The molecule has 0 fully saturated rings. The van der Waals surface area contributed by atoms with E-state index in [0.29, 0.717) is 17.1 Å². The fraction of sp³-hybridized carbons (Fsp3) is 0.190. The molecule has 0 aliphatic carbocycles. The molecule has 0 radical (unpaired) electrons. The lowest BCUT2D eigenvalue weighted by atomic mass is 10.1. The number of hydrogen-bond donors (Lipinski definition) is 1. The maximum absolute atomic E-state index is 5.57. The van der Waals surface area contributed by atoms with Crippen LogP contribution in [0.2, 0.25) is 0 Å². The molecule has 5 aromatic rings. The summed E-state index contributed by atoms with van der Waals surface area (Å²) < 4.78 is 7.14. The van der Waals surface area contributed by atoms with E-state index in [1.54, 1.807) is 10.9 Å². The molecule has 0 bridgehead atoms. The van der Waals surface area contributed by atoms with E-state index >= 15 is 0 Å². The van der Waals surface area contributed by atoms with Crippen LogP contribution in [0, 0.1) is 18.6 Å². The number of aromatic nitrogens is 8. The highest BCUT2D eigenvalue weighted by atomic mass is 79.9. The van der Waals surface area contributed by atoms with Crippen LogP contribution < -0.4 is 0 Å². The number of nitrogens with zero attached hydrogens (tertiary/aromatic N) is 7. The van der Waals surface area contributed by atoms with Crippen molar-refractivity contribution in [2.24, 2.45) is 7.05 Å². The zero-order valence-electron chi connectivity index (χ0n) is 17.2. The van der Waals surface area contributed by atoms with Crippen LogP contribution in [-0.2, 0) is 13.6 Å². The third-order valence-electron chi connectivity index (χ3n) is 5.15. The molecule has 0 aliphatic rings. The van der Waals surface area contributed by atoms with Crippen molar-refractivity contribution in [2.45, 2.75) is 20.4 Å². The lowest BCUT2D eigenvalue weighted by molar-refractivity contribution is 0.686. The molecule has 31 heavy (non-hydrogen) atoms. The van der Waals surface area contributed by atoms with Gasteiger partial charge in [0, 0.05) is 29.0 Å². The van der Waals surface area contributed by atoms with Crippen molar-refractivity contribution >= 4 is 39.2 Å².